The van der Waals surface area contributed by atoms with Crippen LogP contribution in [0, 0.1) is 0 Å². The summed E-state index contributed by atoms with van der Waals surface area (Å²) in [5.74, 6) is 0. The van der Waals surface area contributed by atoms with Crippen LogP contribution in [0.3, 0.4) is 0 Å². The van der Waals surface area contributed by atoms with Gasteiger partial charge in [0.2, 0.25) is 0 Å². The van der Waals surface area contributed by atoms with Crippen LogP contribution in [0.1, 0.15) is 25.0 Å². The van der Waals surface area contributed by atoms with E-state index in [2.05, 4.69) is 176 Å². The Morgan fingerprint density at radius 2 is 1.12 bits per heavy atom. The topological polar surface area (TPSA) is 16.4 Å². The number of rotatable bonds is 4. The lowest BCUT2D eigenvalue weighted by molar-refractivity contribution is 0.660. The summed E-state index contributed by atoms with van der Waals surface area (Å²) in [6, 6.07) is 59.5. The Labute approximate surface area is 285 Å². The summed E-state index contributed by atoms with van der Waals surface area (Å²) in [5.41, 5.74) is 13.1. The summed E-state index contributed by atoms with van der Waals surface area (Å²) >= 11 is 0. The number of para-hydroxylation sites is 2. The number of hydrogen-bond acceptors (Lipinski definition) is 2. The minimum atomic E-state index is -0.0694. The second-order valence-electron chi connectivity index (χ2n) is 13.8. The van der Waals surface area contributed by atoms with Gasteiger partial charge < -0.3 is 9.32 Å². The van der Waals surface area contributed by atoms with Crippen LogP contribution in [0.25, 0.3) is 65.7 Å². The third kappa shape index (κ3) is 4.20. The summed E-state index contributed by atoms with van der Waals surface area (Å²) in [7, 11) is 0. The Morgan fingerprint density at radius 3 is 2.04 bits per heavy atom. The fourth-order valence-corrected chi connectivity index (χ4v) is 8.23. The van der Waals surface area contributed by atoms with E-state index >= 15 is 0 Å². The molecular weight excluding hydrogens is 595 g/mol. The van der Waals surface area contributed by atoms with Gasteiger partial charge in [-0.1, -0.05) is 123 Å². The third-order valence-electron chi connectivity index (χ3n) is 10.6. The van der Waals surface area contributed by atoms with Crippen molar-refractivity contribution in [2.24, 2.45) is 0 Å². The maximum absolute atomic E-state index is 6.28. The molecule has 0 amide bonds. The summed E-state index contributed by atoms with van der Waals surface area (Å²) in [4.78, 5) is 2.39. The van der Waals surface area contributed by atoms with Gasteiger partial charge >= 0.3 is 0 Å². The Balaban J connectivity index is 1.11. The molecule has 0 unspecified atom stereocenters. The molecule has 0 radical (unpaired) electrons. The minimum Gasteiger partial charge on any atom is -0.456 e. The van der Waals surface area contributed by atoms with E-state index in [1.807, 2.05) is 6.07 Å². The van der Waals surface area contributed by atoms with Crippen molar-refractivity contribution in [3.63, 3.8) is 0 Å². The highest BCUT2D eigenvalue weighted by Crippen LogP contribution is 2.50. The first-order valence-electron chi connectivity index (χ1n) is 17.0. The van der Waals surface area contributed by atoms with Crippen molar-refractivity contribution in [2.75, 3.05) is 4.90 Å². The van der Waals surface area contributed by atoms with E-state index in [1.165, 1.54) is 60.3 Å². The van der Waals surface area contributed by atoms with Gasteiger partial charge in [-0.25, -0.2) is 0 Å². The quantitative estimate of drug-likeness (QED) is 0.193. The average Bonchev–Trinajstić information content (AvgIpc) is 3.64. The highest BCUT2D eigenvalue weighted by atomic mass is 16.3. The van der Waals surface area contributed by atoms with Crippen molar-refractivity contribution in [1.82, 2.24) is 0 Å². The molecule has 232 valence electrons. The van der Waals surface area contributed by atoms with Crippen LogP contribution in [0.15, 0.2) is 168 Å². The lowest BCUT2D eigenvalue weighted by Crippen LogP contribution is -2.16. The first-order chi connectivity index (χ1) is 24.0. The van der Waals surface area contributed by atoms with Crippen LogP contribution in [-0.4, -0.2) is 0 Å². The molecule has 1 aliphatic carbocycles. The van der Waals surface area contributed by atoms with Gasteiger partial charge in [0.25, 0.3) is 0 Å². The molecule has 49 heavy (non-hydrogen) atoms. The second-order valence-corrected chi connectivity index (χ2v) is 13.8. The van der Waals surface area contributed by atoms with Crippen molar-refractivity contribution in [2.45, 2.75) is 19.3 Å². The number of fused-ring (bicyclic) bond motifs is 9. The Morgan fingerprint density at radius 1 is 0.429 bits per heavy atom. The zero-order valence-electron chi connectivity index (χ0n) is 27.4. The van der Waals surface area contributed by atoms with Crippen molar-refractivity contribution in [1.29, 1.82) is 0 Å². The smallest absolute Gasteiger partial charge is 0.136 e. The van der Waals surface area contributed by atoms with Crippen molar-refractivity contribution >= 4 is 60.5 Å². The van der Waals surface area contributed by atoms with Crippen LogP contribution >= 0.6 is 0 Å². The molecular formula is C47H33NO. The van der Waals surface area contributed by atoms with E-state index in [4.69, 9.17) is 4.42 Å². The first-order valence-corrected chi connectivity index (χ1v) is 17.0. The van der Waals surface area contributed by atoms with Crippen LogP contribution < -0.4 is 4.90 Å². The van der Waals surface area contributed by atoms with E-state index < -0.39 is 0 Å². The number of furan rings is 1. The molecule has 0 spiro atoms. The van der Waals surface area contributed by atoms with E-state index in [1.54, 1.807) is 0 Å². The molecule has 0 atom stereocenters. The van der Waals surface area contributed by atoms with Crippen LogP contribution in [0.2, 0.25) is 0 Å². The van der Waals surface area contributed by atoms with E-state index in [-0.39, 0.29) is 5.41 Å². The van der Waals surface area contributed by atoms with Gasteiger partial charge in [0, 0.05) is 38.6 Å². The first kappa shape index (κ1) is 27.9. The maximum atomic E-state index is 6.28. The standard InChI is InChI=1S/C47H33NO/c1-47(2)41-17-8-6-14-38(41)39-25-24-36(29-42(39)47)48(34-12-4-3-5-13-34)35-23-21-31-27-33(20-19-32(31)28-35)37-16-10-11-30-22-26-44-46(45(30)37)40-15-7-9-18-43(40)49-44/h3-29H,1-2H3. The van der Waals surface area contributed by atoms with E-state index in [0.29, 0.717) is 0 Å². The second kappa shape index (κ2) is 10.4. The Kier molecular flexibility index (Phi) is 5.95. The van der Waals surface area contributed by atoms with Crippen LogP contribution in [0.5, 0.6) is 0 Å². The average molecular weight is 628 g/mol. The van der Waals surface area contributed by atoms with Gasteiger partial charge in [-0.2, -0.15) is 0 Å². The fraction of sp³-hybridized carbons (Fsp3) is 0.0638. The summed E-state index contributed by atoms with van der Waals surface area (Å²) in [6.45, 7) is 4.69. The predicted molar refractivity (Wildman–Crippen MR) is 206 cm³/mol. The largest absolute Gasteiger partial charge is 0.456 e. The zero-order valence-corrected chi connectivity index (χ0v) is 27.4. The highest BCUT2D eigenvalue weighted by molar-refractivity contribution is 6.23. The molecule has 0 aliphatic heterocycles. The molecule has 0 saturated carbocycles. The predicted octanol–water partition coefficient (Wildman–Crippen LogP) is 13.3. The monoisotopic (exact) mass is 627 g/mol. The molecule has 1 aliphatic rings. The van der Waals surface area contributed by atoms with Crippen molar-refractivity contribution in [3.8, 4) is 22.3 Å². The minimum absolute atomic E-state index is 0.0694. The molecule has 0 N–H and O–H groups in total. The molecule has 2 heteroatoms. The van der Waals surface area contributed by atoms with Gasteiger partial charge in [-0.05, 0) is 104 Å². The van der Waals surface area contributed by atoms with Gasteiger partial charge in [0.15, 0.2) is 0 Å². The lowest BCUT2D eigenvalue weighted by Gasteiger charge is -2.28. The highest BCUT2D eigenvalue weighted by Gasteiger charge is 2.35. The summed E-state index contributed by atoms with van der Waals surface area (Å²) < 4.78 is 6.28. The molecule has 0 bridgehead atoms. The van der Waals surface area contributed by atoms with Crippen molar-refractivity contribution in [3.05, 3.63) is 175 Å². The Bertz CT molecular complexity index is 2750. The van der Waals surface area contributed by atoms with Crippen LogP contribution in [-0.2, 0) is 5.41 Å². The molecule has 10 rings (SSSR count). The third-order valence-corrected chi connectivity index (χ3v) is 10.6. The molecule has 9 aromatic rings. The molecule has 0 saturated heterocycles. The number of hydrogen-bond donors (Lipinski definition) is 0. The maximum Gasteiger partial charge on any atom is 0.136 e. The summed E-state index contributed by atoms with van der Waals surface area (Å²) in [5, 5.41) is 7.19. The van der Waals surface area contributed by atoms with Gasteiger partial charge in [-0.3, -0.25) is 0 Å². The molecule has 0 fully saturated rings. The number of nitrogens with zero attached hydrogens (tertiary/aromatic N) is 1. The van der Waals surface area contributed by atoms with Gasteiger partial charge in [0.1, 0.15) is 11.2 Å². The normalized spacial score (nSPS) is 13.3. The van der Waals surface area contributed by atoms with E-state index in [9.17, 15) is 0 Å². The number of anilines is 3. The summed E-state index contributed by atoms with van der Waals surface area (Å²) in [6.07, 6.45) is 0. The van der Waals surface area contributed by atoms with Gasteiger partial charge in [-0.15, -0.1) is 0 Å². The number of benzene rings is 8. The Hall–Kier alpha value is -6.12. The molecule has 1 aromatic heterocycles. The zero-order chi connectivity index (χ0) is 32.7. The lowest BCUT2D eigenvalue weighted by atomic mass is 9.82. The van der Waals surface area contributed by atoms with Crippen LogP contribution in [0.4, 0.5) is 17.1 Å². The van der Waals surface area contributed by atoms with Crippen molar-refractivity contribution < 1.29 is 4.42 Å². The fourth-order valence-electron chi connectivity index (χ4n) is 8.23. The van der Waals surface area contributed by atoms with E-state index in [0.717, 1.165) is 33.6 Å². The molecule has 2 nitrogen and oxygen atoms in total. The van der Waals surface area contributed by atoms with Gasteiger partial charge in [0.05, 0.1) is 0 Å². The molecule has 8 aromatic carbocycles. The molecule has 1 heterocycles. The SMILES string of the molecule is CC1(C)c2ccccc2-c2ccc(N(c3ccccc3)c3ccc4cc(-c5cccc6ccc7oc8ccccc8c7c56)ccc4c3)cc21.